The van der Waals surface area contributed by atoms with Gasteiger partial charge in [-0.15, -0.1) is 0 Å². The zero-order valence-electron chi connectivity index (χ0n) is 11.8. The van der Waals surface area contributed by atoms with Crippen LogP contribution in [-0.4, -0.2) is 26.7 Å². The van der Waals surface area contributed by atoms with E-state index in [-0.39, 0.29) is 11.8 Å². The zero-order chi connectivity index (χ0) is 15.0. The second-order valence-electron chi connectivity index (χ2n) is 4.25. The summed E-state index contributed by atoms with van der Waals surface area (Å²) in [4.78, 5) is 11.6. The molecule has 1 unspecified atom stereocenters. The summed E-state index contributed by atoms with van der Waals surface area (Å²) in [6.07, 6.45) is 3.08. The van der Waals surface area contributed by atoms with Crippen molar-refractivity contribution in [3.63, 3.8) is 0 Å². The maximum Gasteiger partial charge on any atom is 0.244 e. The van der Waals surface area contributed by atoms with Crippen LogP contribution >= 0.6 is 0 Å². The molecule has 1 amide bonds. The summed E-state index contributed by atoms with van der Waals surface area (Å²) in [5, 5.41) is 11.3. The van der Waals surface area contributed by atoms with Crippen molar-refractivity contribution in [3.8, 4) is 17.6 Å². The molecule has 1 atom stereocenters. The number of rotatable bonds is 6. The number of carbonyl (C=O) groups is 1. The largest absolute Gasteiger partial charge is 0.497 e. The molecule has 0 aliphatic rings. The first-order valence-corrected chi connectivity index (χ1v) is 6.17. The number of ether oxygens (including phenoxy) is 2. The minimum Gasteiger partial charge on any atom is -0.497 e. The molecule has 5 nitrogen and oxygen atoms in total. The molecule has 0 saturated carbocycles. The van der Waals surface area contributed by atoms with Crippen molar-refractivity contribution in [2.45, 2.75) is 6.92 Å². The Balaban J connectivity index is 2.70. The zero-order valence-corrected chi connectivity index (χ0v) is 11.8. The maximum absolute atomic E-state index is 11.6. The minimum atomic E-state index is -0.242. The Morgan fingerprint density at radius 2 is 1.95 bits per heavy atom. The quantitative estimate of drug-likeness (QED) is 0.805. The molecule has 20 heavy (non-hydrogen) atoms. The molecular formula is C15H18N2O3. The number of benzene rings is 1. The summed E-state index contributed by atoms with van der Waals surface area (Å²) in [6, 6.07) is 7.40. The number of nitriles is 1. The van der Waals surface area contributed by atoms with E-state index >= 15 is 0 Å². The predicted molar refractivity (Wildman–Crippen MR) is 76.4 cm³/mol. The minimum absolute atomic E-state index is 0.204. The van der Waals surface area contributed by atoms with Crippen LogP contribution in [0.1, 0.15) is 12.5 Å². The van der Waals surface area contributed by atoms with Crippen molar-refractivity contribution in [3.05, 3.63) is 29.8 Å². The van der Waals surface area contributed by atoms with Crippen LogP contribution in [0.5, 0.6) is 11.5 Å². The van der Waals surface area contributed by atoms with E-state index in [0.717, 1.165) is 5.56 Å². The summed E-state index contributed by atoms with van der Waals surface area (Å²) in [6.45, 7) is 2.08. The Morgan fingerprint density at radius 3 is 2.45 bits per heavy atom. The molecule has 1 aromatic rings. The monoisotopic (exact) mass is 274 g/mol. The number of nitrogens with zero attached hydrogens (tertiary/aromatic N) is 1. The van der Waals surface area contributed by atoms with Gasteiger partial charge >= 0.3 is 0 Å². The number of nitrogens with one attached hydrogen (secondary N) is 1. The average molecular weight is 274 g/mol. The van der Waals surface area contributed by atoms with Gasteiger partial charge in [-0.25, -0.2) is 0 Å². The second kappa shape index (κ2) is 7.85. The van der Waals surface area contributed by atoms with Gasteiger partial charge in [-0.3, -0.25) is 4.79 Å². The molecule has 0 aliphatic carbocycles. The molecule has 1 N–H and O–H groups in total. The second-order valence-corrected chi connectivity index (χ2v) is 4.25. The van der Waals surface area contributed by atoms with Crippen LogP contribution in [0.15, 0.2) is 24.3 Å². The van der Waals surface area contributed by atoms with Gasteiger partial charge in [0.15, 0.2) is 0 Å². The molecule has 0 heterocycles. The van der Waals surface area contributed by atoms with Gasteiger partial charge in [-0.2, -0.15) is 5.26 Å². The molecule has 106 valence electrons. The topological polar surface area (TPSA) is 71.3 Å². The Labute approximate surface area is 118 Å². The third-order valence-electron chi connectivity index (χ3n) is 2.60. The van der Waals surface area contributed by atoms with Crippen molar-refractivity contribution >= 4 is 12.0 Å². The van der Waals surface area contributed by atoms with Crippen molar-refractivity contribution in [2.24, 2.45) is 5.92 Å². The molecule has 0 radical (unpaired) electrons. The third kappa shape index (κ3) is 5.02. The number of amides is 1. The summed E-state index contributed by atoms with van der Waals surface area (Å²) < 4.78 is 10.3. The normalized spacial score (nSPS) is 11.7. The SMILES string of the molecule is COc1cc(C=CC(=O)NCC(C)C#N)cc(OC)c1. The van der Waals surface area contributed by atoms with Gasteiger partial charge in [0, 0.05) is 18.7 Å². The summed E-state index contributed by atoms with van der Waals surface area (Å²) in [5.74, 6) is 0.864. The highest BCUT2D eigenvalue weighted by Gasteiger charge is 2.02. The number of carbonyl (C=O) groups excluding carboxylic acids is 1. The Hall–Kier alpha value is -2.48. The Bertz CT molecular complexity index is 510. The van der Waals surface area contributed by atoms with Gasteiger partial charge in [0.25, 0.3) is 0 Å². The highest BCUT2D eigenvalue weighted by atomic mass is 16.5. The first-order valence-electron chi connectivity index (χ1n) is 6.17. The summed E-state index contributed by atoms with van der Waals surface area (Å²) in [5.41, 5.74) is 0.796. The van der Waals surface area contributed by atoms with Crippen molar-refractivity contribution in [1.82, 2.24) is 5.32 Å². The van der Waals surface area contributed by atoms with E-state index < -0.39 is 0 Å². The highest BCUT2D eigenvalue weighted by molar-refractivity contribution is 5.91. The lowest BCUT2D eigenvalue weighted by Gasteiger charge is -2.06. The molecule has 5 heteroatoms. The standard InChI is InChI=1S/C15H18N2O3/c1-11(9-16)10-17-15(18)5-4-12-6-13(19-2)8-14(7-12)20-3/h4-8,11H,10H2,1-3H3,(H,17,18). The lowest BCUT2D eigenvalue weighted by molar-refractivity contribution is -0.116. The van der Waals surface area contributed by atoms with Crippen molar-refractivity contribution in [1.29, 1.82) is 5.26 Å². The van der Waals surface area contributed by atoms with Gasteiger partial charge in [0.1, 0.15) is 11.5 Å². The average Bonchev–Trinajstić information content (AvgIpc) is 2.49. The fourth-order valence-corrected chi connectivity index (χ4v) is 1.46. The van der Waals surface area contributed by atoms with Crippen LogP contribution in [-0.2, 0) is 4.79 Å². The van der Waals surface area contributed by atoms with Crippen LogP contribution in [0.2, 0.25) is 0 Å². The third-order valence-corrected chi connectivity index (χ3v) is 2.60. The number of hydrogen-bond donors (Lipinski definition) is 1. The lowest BCUT2D eigenvalue weighted by atomic mass is 10.2. The van der Waals surface area contributed by atoms with E-state index in [1.165, 1.54) is 6.08 Å². The van der Waals surface area contributed by atoms with E-state index in [4.69, 9.17) is 14.7 Å². The fraction of sp³-hybridized carbons (Fsp3) is 0.333. The molecule has 0 bridgehead atoms. The molecule has 0 spiro atoms. The lowest BCUT2D eigenvalue weighted by Crippen LogP contribution is -2.25. The molecule has 0 fully saturated rings. The van der Waals surface area contributed by atoms with E-state index in [1.807, 2.05) is 0 Å². The van der Waals surface area contributed by atoms with Crippen LogP contribution in [0, 0.1) is 17.2 Å². The van der Waals surface area contributed by atoms with Gasteiger partial charge in [0.05, 0.1) is 26.2 Å². The molecule has 0 aromatic heterocycles. The number of hydrogen-bond acceptors (Lipinski definition) is 4. The van der Waals surface area contributed by atoms with Gasteiger partial charge in [-0.1, -0.05) is 0 Å². The van der Waals surface area contributed by atoms with Crippen LogP contribution < -0.4 is 14.8 Å². The maximum atomic E-state index is 11.6. The van der Waals surface area contributed by atoms with Crippen LogP contribution in [0.3, 0.4) is 0 Å². The van der Waals surface area contributed by atoms with E-state index in [1.54, 1.807) is 45.4 Å². The van der Waals surface area contributed by atoms with E-state index in [9.17, 15) is 4.79 Å². The summed E-state index contributed by atoms with van der Waals surface area (Å²) in [7, 11) is 3.14. The molecule has 0 aliphatic heterocycles. The molecule has 1 aromatic carbocycles. The number of methoxy groups -OCH3 is 2. The molecule has 1 rings (SSSR count). The predicted octanol–water partition coefficient (Wildman–Crippen LogP) is 1.99. The smallest absolute Gasteiger partial charge is 0.244 e. The van der Waals surface area contributed by atoms with Gasteiger partial charge in [-0.05, 0) is 30.7 Å². The Morgan fingerprint density at radius 1 is 1.35 bits per heavy atom. The van der Waals surface area contributed by atoms with Gasteiger partial charge < -0.3 is 14.8 Å². The van der Waals surface area contributed by atoms with Crippen LogP contribution in [0.4, 0.5) is 0 Å². The van der Waals surface area contributed by atoms with E-state index in [0.29, 0.717) is 18.0 Å². The highest BCUT2D eigenvalue weighted by Crippen LogP contribution is 2.23. The van der Waals surface area contributed by atoms with Gasteiger partial charge in [0.2, 0.25) is 5.91 Å². The first-order chi connectivity index (χ1) is 9.58. The molecule has 0 saturated heterocycles. The summed E-state index contributed by atoms with van der Waals surface area (Å²) >= 11 is 0. The van der Waals surface area contributed by atoms with Crippen LogP contribution in [0.25, 0.3) is 6.08 Å². The van der Waals surface area contributed by atoms with E-state index in [2.05, 4.69) is 11.4 Å². The Kier molecular flexibility index (Phi) is 6.11. The molecular weight excluding hydrogens is 256 g/mol. The van der Waals surface area contributed by atoms with Crippen molar-refractivity contribution < 1.29 is 14.3 Å². The first kappa shape index (κ1) is 15.6. The fourth-order valence-electron chi connectivity index (χ4n) is 1.46. The van der Waals surface area contributed by atoms with Crippen molar-refractivity contribution in [2.75, 3.05) is 20.8 Å².